The van der Waals surface area contributed by atoms with Gasteiger partial charge in [0.1, 0.15) is 5.54 Å². The summed E-state index contributed by atoms with van der Waals surface area (Å²) in [5, 5.41) is 0. The van der Waals surface area contributed by atoms with Gasteiger partial charge in [-0.05, 0) is 74.4 Å². The Kier molecular flexibility index (Phi) is 5.43. The number of aliphatic imine (C=N–C) groups is 1. The molecule has 0 aliphatic heterocycles. The van der Waals surface area contributed by atoms with E-state index in [-0.39, 0.29) is 0 Å². The molecule has 0 radical (unpaired) electrons. The van der Waals surface area contributed by atoms with Crippen LogP contribution < -0.4 is 0 Å². The molecule has 1 unspecified atom stereocenters. The number of hydrogen-bond donors (Lipinski definition) is 0. The second-order valence-corrected chi connectivity index (χ2v) is 6.90. The van der Waals surface area contributed by atoms with E-state index in [0.29, 0.717) is 0 Å². The molecule has 0 aromatic heterocycles. The van der Waals surface area contributed by atoms with Gasteiger partial charge in [-0.25, -0.2) is 0 Å². The minimum absolute atomic E-state index is 0.525. The standard InChI is InChI=1S/C23H29N/c1-8-20-10-9-11-21(15-20)23(16(2)3,24-17(4)5)22-13-12-18(6)19(7)14-22/h9-15H,2,8H2,1,3-7H3. The fourth-order valence-electron chi connectivity index (χ4n) is 3.20. The molecule has 0 spiro atoms. The van der Waals surface area contributed by atoms with Crippen molar-refractivity contribution < 1.29 is 0 Å². The number of aryl methyl sites for hydroxylation is 3. The van der Waals surface area contributed by atoms with E-state index in [2.05, 4.69) is 90.6 Å². The highest BCUT2D eigenvalue weighted by atomic mass is 14.9. The summed E-state index contributed by atoms with van der Waals surface area (Å²) in [6.45, 7) is 17.0. The average Bonchev–Trinajstić information content (AvgIpc) is 2.54. The highest BCUT2D eigenvalue weighted by molar-refractivity contribution is 5.80. The largest absolute Gasteiger partial charge is 0.274 e. The van der Waals surface area contributed by atoms with Crippen LogP contribution in [-0.2, 0) is 12.0 Å². The third-order valence-corrected chi connectivity index (χ3v) is 4.69. The van der Waals surface area contributed by atoms with Gasteiger partial charge in [0.15, 0.2) is 0 Å². The van der Waals surface area contributed by atoms with Crippen molar-refractivity contribution in [2.24, 2.45) is 4.99 Å². The molecular formula is C23H29N. The summed E-state index contributed by atoms with van der Waals surface area (Å²) < 4.78 is 0. The quantitative estimate of drug-likeness (QED) is 0.462. The van der Waals surface area contributed by atoms with E-state index >= 15 is 0 Å². The molecule has 0 aliphatic rings. The molecule has 2 rings (SSSR count). The van der Waals surface area contributed by atoms with E-state index in [1.54, 1.807) is 0 Å². The first-order valence-electron chi connectivity index (χ1n) is 8.67. The molecule has 24 heavy (non-hydrogen) atoms. The van der Waals surface area contributed by atoms with Crippen molar-refractivity contribution in [3.05, 3.63) is 82.4 Å². The molecule has 1 nitrogen and oxygen atoms in total. The van der Waals surface area contributed by atoms with Crippen molar-refractivity contribution in [2.45, 2.75) is 53.5 Å². The molecule has 0 saturated heterocycles. The molecule has 0 N–H and O–H groups in total. The first-order chi connectivity index (χ1) is 11.3. The zero-order chi connectivity index (χ0) is 17.9. The second kappa shape index (κ2) is 7.17. The summed E-state index contributed by atoms with van der Waals surface area (Å²) in [6, 6.07) is 15.4. The fraction of sp³-hybridized carbons (Fsp3) is 0.348. The van der Waals surface area contributed by atoms with Gasteiger partial charge in [-0.15, -0.1) is 0 Å². The van der Waals surface area contributed by atoms with Crippen LogP contribution in [0.4, 0.5) is 0 Å². The molecule has 0 amide bonds. The van der Waals surface area contributed by atoms with Gasteiger partial charge in [0, 0.05) is 5.71 Å². The van der Waals surface area contributed by atoms with Crippen molar-refractivity contribution in [1.82, 2.24) is 0 Å². The first-order valence-corrected chi connectivity index (χ1v) is 8.67. The lowest BCUT2D eigenvalue weighted by molar-refractivity contribution is 0.639. The van der Waals surface area contributed by atoms with E-state index in [1.165, 1.54) is 27.8 Å². The zero-order valence-corrected chi connectivity index (χ0v) is 15.9. The van der Waals surface area contributed by atoms with Gasteiger partial charge in [-0.2, -0.15) is 0 Å². The lowest BCUT2D eigenvalue weighted by atomic mass is 9.77. The van der Waals surface area contributed by atoms with Crippen LogP contribution in [0.25, 0.3) is 0 Å². The summed E-state index contributed by atoms with van der Waals surface area (Å²) in [5.74, 6) is 0. The SMILES string of the molecule is C=C(C)C(N=C(C)C)(c1cccc(CC)c1)c1ccc(C)c(C)c1. The molecule has 0 saturated carbocycles. The average molecular weight is 319 g/mol. The molecule has 0 heterocycles. The highest BCUT2D eigenvalue weighted by Crippen LogP contribution is 2.41. The summed E-state index contributed by atoms with van der Waals surface area (Å²) in [7, 11) is 0. The summed E-state index contributed by atoms with van der Waals surface area (Å²) in [4.78, 5) is 5.11. The lowest BCUT2D eigenvalue weighted by Crippen LogP contribution is -2.28. The van der Waals surface area contributed by atoms with Crippen LogP contribution in [0.3, 0.4) is 0 Å². The predicted molar refractivity (Wildman–Crippen MR) is 106 cm³/mol. The van der Waals surface area contributed by atoms with Gasteiger partial charge in [-0.1, -0.05) is 56.0 Å². The van der Waals surface area contributed by atoms with Gasteiger partial charge in [0.2, 0.25) is 0 Å². The second-order valence-electron chi connectivity index (χ2n) is 6.90. The van der Waals surface area contributed by atoms with E-state index in [0.717, 1.165) is 17.7 Å². The Morgan fingerprint density at radius 1 is 0.958 bits per heavy atom. The van der Waals surface area contributed by atoms with Crippen LogP contribution in [0.5, 0.6) is 0 Å². The van der Waals surface area contributed by atoms with Crippen LogP contribution in [0.1, 0.15) is 55.5 Å². The van der Waals surface area contributed by atoms with Gasteiger partial charge < -0.3 is 0 Å². The smallest absolute Gasteiger partial charge is 0.131 e. The topological polar surface area (TPSA) is 12.4 Å². The van der Waals surface area contributed by atoms with Crippen molar-refractivity contribution in [3.8, 4) is 0 Å². The Balaban J connectivity index is 2.84. The van der Waals surface area contributed by atoms with Crippen LogP contribution in [-0.4, -0.2) is 5.71 Å². The minimum atomic E-state index is -0.525. The summed E-state index contributed by atoms with van der Waals surface area (Å²) in [5.41, 5.74) is 7.86. The third-order valence-electron chi connectivity index (χ3n) is 4.69. The maximum atomic E-state index is 5.11. The molecule has 1 atom stereocenters. The molecule has 126 valence electrons. The van der Waals surface area contributed by atoms with Crippen LogP contribution in [0.2, 0.25) is 0 Å². The van der Waals surface area contributed by atoms with E-state index < -0.39 is 5.54 Å². The Labute approximate surface area is 147 Å². The Bertz CT molecular complexity index is 778. The molecule has 2 aromatic rings. The van der Waals surface area contributed by atoms with Crippen LogP contribution in [0.15, 0.2) is 59.6 Å². The zero-order valence-electron chi connectivity index (χ0n) is 15.9. The number of hydrogen-bond acceptors (Lipinski definition) is 1. The van der Waals surface area contributed by atoms with E-state index in [1.807, 2.05) is 0 Å². The minimum Gasteiger partial charge on any atom is -0.274 e. The van der Waals surface area contributed by atoms with Crippen LogP contribution >= 0.6 is 0 Å². The Morgan fingerprint density at radius 3 is 2.17 bits per heavy atom. The fourth-order valence-corrected chi connectivity index (χ4v) is 3.20. The Hall–Kier alpha value is -2.15. The van der Waals surface area contributed by atoms with Crippen molar-refractivity contribution in [1.29, 1.82) is 0 Å². The van der Waals surface area contributed by atoms with Crippen LogP contribution in [0, 0.1) is 13.8 Å². The molecule has 0 bridgehead atoms. The maximum Gasteiger partial charge on any atom is 0.131 e. The van der Waals surface area contributed by atoms with Gasteiger partial charge in [0.05, 0.1) is 0 Å². The predicted octanol–water partition coefficient (Wildman–Crippen LogP) is 6.17. The molecule has 1 heteroatoms. The summed E-state index contributed by atoms with van der Waals surface area (Å²) in [6.07, 6.45) is 1.02. The number of rotatable bonds is 5. The van der Waals surface area contributed by atoms with Crippen molar-refractivity contribution in [2.75, 3.05) is 0 Å². The molecule has 0 fully saturated rings. The van der Waals surface area contributed by atoms with E-state index in [9.17, 15) is 0 Å². The normalized spacial score (nSPS) is 13.2. The maximum absolute atomic E-state index is 5.11. The first kappa shape index (κ1) is 18.2. The summed E-state index contributed by atoms with van der Waals surface area (Å²) >= 11 is 0. The molecule has 0 aliphatic carbocycles. The number of benzene rings is 2. The molecule has 2 aromatic carbocycles. The monoisotopic (exact) mass is 319 g/mol. The third kappa shape index (κ3) is 3.36. The number of nitrogens with zero attached hydrogens (tertiary/aromatic N) is 1. The van der Waals surface area contributed by atoms with Crippen molar-refractivity contribution in [3.63, 3.8) is 0 Å². The van der Waals surface area contributed by atoms with Gasteiger partial charge in [0.25, 0.3) is 0 Å². The highest BCUT2D eigenvalue weighted by Gasteiger charge is 2.35. The van der Waals surface area contributed by atoms with Gasteiger partial charge in [-0.3, -0.25) is 4.99 Å². The Morgan fingerprint density at radius 2 is 1.62 bits per heavy atom. The van der Waals surface area contributed by atoms with Gasteiger partial charge >= 0.3 is 0 Å². The van der Waals surface area contributed by atoms with Crippen molar-refractivity contribution >= 4 is 5.71 Å². The molecular weight excluding hydrogens is 290 g/mol. The van der Waals surface area contributed by atoms with E-state index in [4.69, 9.17) is 4.99 Å². The lowest BCUT2D eigenvalue weighted by Gasteiger charge is -2.33.